The number of aromatic nitrogens is 3. The average Bonchev–Trinajstić information content (AvgIpc) is 3.40. The molecule has 0 aliphatic carbocycles. The van der Waals surface area contributed by atoms with Gasteiger partial charge in [-0.2, -0.15) is 0 Å². The number of amides is 1. The number of rotatable bonds is 6. The van der Waals surface area contributed by atoms with Crippen molar-refractivity contribution in [2.45, 2.75) is 10.1 Å². The van der Waals surface area contributed by atoms with E-state index >= 15 is 0 Å². The minimum absolute atomic E-state index is 0.190. The molecule has 4 rings (SSSR count). The second-order valence-electron chi connectivity index (χ2n) is 5.74. The van der Waals surface area contributed by atoms with Crippen LogP contribution in [0.4, 0.5) is 5.13 Å². The number of nitrogens with one attached hydrogen (secondary N) is 1. The molecule has 2 aromatic carbocycles. The van der Waals surface area contributed by atoms with E-state index in [2.05, 4.69) is 27.6 Å². The van der Waals surface area contributed by atoms with Crippen LogP contribution in [0.15, 0.2) is 83.5 Å². The van der Waals surface area contributed by atoms with Crippen molar-refractivity contribution in [1.29, 1.82) is 0 Å². The second-order valence-corrected chi connectivity index (χ2v) is 7.94. The number of carbonyl (C=O) groups excluding carboxylic acids is 1. The van der Waals surface area contributed by atoms with Gasteiger partial charge in [-0.05, 0) is 42.0 Å². The quantitative estimate of drug-likeness (QED) is 0.375. The largest absolute Gasteiger partial charge is 0.324 e. The van der Waals surface area contributed by atoms with Crippen LogP contribution in [0.3, 0.4) is 0 Å². The van der Waals surface area contributed by atoms with E-state index in [1.54, 1.807) is 23.9 Å². The number of carbonyl (C=O) groups is 1. The maximum atomic E-state index is 12.4. The van der Waals surface area contributed by atoms with E-state index in [4.69, 9.17) is 0 Å². The molecular formula is C20H16N4OS2. The van der Waals surface area contributed by atoms with Crippen molar-refractivity contribution in [3.8, 4) is 5.69 Å². The molecule has 0 aliphatic heterocycles. The standard InChI is InChI=1S/C20H16N4OS2/c25-18(16-8-10-17(11-9-16)24-12-4-5-13-24)21-19-22-23-20(27-19)26-14-15-6-2-1-3-7-15/h1-13H,14H2,(H,21,22,25). The van der Waals surface area contributed by atoms with Gasteiger partial charge in [0.15, 0.2) is 4.34 Å². The first kappa shape index (κ1) is 17.5. The van der Waals surface area contributed by atoms with Gasteiger partial charge in [-0.15, -0.1) is 10.2 Å². The molecule has 1 N–H and O–H groups in total. The fraction of sp³-hybridized carbons (Fsp3) is 0.0500. The molecule has 0 fully saturated rings. The molecule has 2 aromatic heterocycles. The van der Waals surface area contributed by atoms with E-state index in [1.165, 1.54) is 16.9 Å². The zero-order valence-corrected chi connectivity index (χ0v) is 15.9. The van der Waals surface area contributed by atoms with E-state index < -0.39 is 0 Å². The summed E-state index contributed by atoms with van der Waals surface area (Å²) >= 11 is 2.99. The summed E-state index contributed by atoms with van der Waals surface area (Å²) in [6.07, 6.45) is 3.93. The normalized spacial score (nSPS) is 10.7. The van der Waals surface area contributed by atoms with Crippen molar-refractivity contribution in [3.05, 3.63) is 90.3 Å². The van der Waals surface area contributed by atoms with Gasteiger partial charge < -0.3 is 4.57 Å². The van der Waals surface area contributed by atoms with Gasteiger partial charge in [0.2, 0.25) is 5.13 Å². The monoisotopic (exact) mass is 392 g/mol. The fourth-order valence-corrected chi connectivity index (χ4v) is 4.20. The Bertz CT molecular complexity index is 1010. The highest BCUT2D eigenvalue weighted by atomic mass is 32.2. The molecule has 2 heterocycles. The maximum absolute atomic E-state index is 12.4. The van der Waals surface area contributed by atoms with Gasteiger partial charge in [0, 0.05) is 29.4 Å². The average molecular weight is 393 g/mol. The summed E-state index contributed by atoms with van der Waals surface area (Å²) in [5, 5.41) is 11.5. The van der Waals surface area contributed by atoms with Crippen LogP contribution >= 0.6 is 23.1 Å². The van der Waals surface area contributed by atoms with Crippen molar-refractivity contribution >= 4 is 34.1 Å². The summed E-state index contributed by atoms with van der Waals surface area (Å²) in [4.78, 5) is 12.4. The highest BCUT2D eigenvalue weighted by Gasteiger charge is 2.11. The minimum Gasteiger partial charge on any atom is -0.324 e. The second kappa shape index (κ2) is 8.20. The molecule has 1 amide bonds. The highest BCUT2D eigenvalue weighted by molar-refractivity contribution is 8.00. The fourth-order valence-electron chi connectivity index (χ4n) is 2.50. The van der Waals surface area contributed by atoms with E-state index in [9.17, 15) is 4.79 Å². The van der Waals surface area contributed by atoms with Crippen molar-refractivity contribution in [2.75, 3.05) is 5.32 Å². The van der Waals surface area contributed by atoms with Gasteiger partial charge in [-0.25, -0.2) is 0 Å². The number of hydrogen-bond donors (Lipinski definition) is 1. The summed E-state index contributed by atoms with van der Waals surface area (Å²) < 4.78 is 2.82. The number of benzene rings is 2. The lowest BCUT2D eigenvalue weighted by Crippen LogP contribution is -2.11. The van der Waals surface area contributed by atoms with Crippen molar-refractivity contribution in [2.24, 2.45) is 0 Å². The zero-order chi connectivity index (χ0) is 18.5. The summed E-state index contributed by atoms with van der Waals surface area (Å²) in [6, 6.07) is 21.5. The molecule has 0 bridgehead atoms. The van der Waals surface area contributed by atoms with Crippen LogP contribution < -0.4 is 5.32 Å². The van der Waals surface area contributed by atoms with E-state index in [0.29, 0.717) is 10.7 Å². The molecule has 4 aromatic rings. The molecule has 134 valence electrons. The Kier molecular flexibility index (Phi) is 5.32. The zero-order valence-electron chi connectivity index (χ0n) is 14.3. The predicted octanol–water partition coefficient (Wildman–Crippen LogP) is 4.87. The lowest BCUT2D eigenvalue weighted by atomic mass is 10.2. The van der Waals surface area contributed by atoms with Crippen LogP contribution in [-0.4, -0.2) is 20.7 Å². The number of thioether (sulfide) groups is 1. The summed E-state index contributed by atoms with van der Waals surface area (Å²) in [7, 11) is 0. The van der Waals surface area contributed by atoms with E-state index in [-0.39, 0.29) is 5.91 Å². The molecule has 0 radical (unpaired) electrons. The summed E-state index contributed by atoms with van der Waals surface area (Å²) in [6.45, 7) is 0. The first-order valence-corrected chi connectivity index (χ1v) is 10.1. The third-order valence-corrected chi connectivity index (χ3v) is 5.91. The molecular weight excluding hydrogens is 376 g/mol. The Labute approximate surface area is 165 Å². The van der Waals surface area contributed by atoms with Crippen molar-refractivity contribution < 1.29 is 4.79 Å². The van der Waals surface area contributed by atoms with Crippen LogP contribution in [0.25, 0.3) is 5.69 Å². The molecule has 0 saturated heterocycles. The lowest BCUT2D eigenvalue weighted by molar-refractivity contribution is 0.102. The van der Waals surface area contributed by atoms with E-state index in [0.717, 1.165) is 15.8 Å². The molecule has 0 atom stereocenters. The predicted molar refractivity (Wildman–Crippen MR) is 110 cm³/mol. The highest BCUT2D eigenvalue weighted by Crippen LogP contribution is 2.28. The topological polar surface area (TPSA) is 59.8 Å². The Hall–Kier alpha value is -2.90. The summed E-state index contributed by atoms with van der Waals surface area (Å²) in [5.41, 5.74) is 2.82. The molecule has 0 saturated carbocycles. The van der Waals surface area contributed by atoms with Gasteiger partial charge in [0.05, 0.1) is 0 Å². The Morgan fingerprint density at radius 3 is 2.44 bits per heavy atom. The molecule has 0 spiro atoms. The molecule has 0 unspecified atom stereocenters. The van der Waals surface area contributed by atoms with Crippen LogP contribution in [0.2, 0.25) is 0 Å². The minimum atomic E-state index is -0.190. The number of anilines is 1. The van der Waals surface area contributed by atoms with Gasteiger partial charge in [-0.1, -0.05) is 53.4 Å². The molecule has 0 aliphatic rings. The first-order valence-electron chi connectivity index (χ1n) is 8.33. The van der Waals surface area contributed by atoms with Gasteiger partial charge in [0.1, 0.15) is 0 Å². The third kappa shape index (κ3) is 4.45. The smallest absolute Gasteiger partial charge is 0.257 e. The molecule has 5 nitrogen and oxygen atoms in total. The molecule has 27 heavy (non-hydrogen) atoms. The molecule has 7 heteroatoms. The van der Waals surface area contributed by atoms with Crippen molar-refractivity contribution in [3.63, 3.8) is 0 Å². The van der Waals surface area contributed by atoms with Crippen LogP contribution in [0.1, 0.15) is 15.9 Å². The summed E-state index contributed by atoms with van der Waals surface area (Å²) in [5.74, 6) is 0.634. The third-order valence-electron chi connectivity index (χ3n) is 3.86. The number of hydrogen-bond acceptors (Lipinski definition) is 5. The lowest BCUT2D eigenvalue weighted by Gasteiger charge is -2.05. The Morgan fingerprint density at radius 2 is 1.70 bits per heavy atom. The van der Waals surface area contributed by atoms with Crippen LogP contribution in [0, 0.1) is 0 Å². The Balaban J connectivity index is 1.36. The SMILES string of the molecule is O=C(Nc1nnc(SCc2ccccc2)s1)c1ccc(-n2cccc2)cc1. The maximum Gasteiger partial charge on any atom is 0.257 e. The van der Waals surface area contributed by atoms with Gasteiger partial charge >= 0.3 is 0 Å². The van der Waals surface area contributed by atoms with Crippen LogP contribution in [-0.2, 0) is 5.75 Å². The van der Waals surface area contributed by atoms with Crippen molar-refractivity contribution in [1.82, 2.24) is 14.8 Å². The van der Waals surface area contributed by atoms with Gasteiger partial charge in [0.25, 0.3) is 5.91 Å². The first-order chi connectivity index (χ1) is 13.3. The number of nitrogens with zero attached hydrogens (tertiary/aromatic N) is 3. The van der Waals surface area contributed by atoms with Crippen LogP contribution in [0.5, 0.6) is 0 Å². The van der Waals surface area contributed by atoms with Gasteiger partial charge in [-0.3, -0.25) is 10.1 Å². The Morgan fingerprint density at radius 1 is 0.963 bits per heavy atom. The van der Waals surface area contributed by atoms with E-state index in [1.807, 2.05) is 59.4 Å².